The van der Waals surface area contributed by atoms with Crippen LogP contribution in [-0.4, -0.2) is 94.9 Å². The SMILES string of the molecule is COc1cc([C@H](O)[C@H](CO)Oc2ccc(CCCO[C@@H]3O[C@@H](C)[C@H](O)[C@@H](O)[C@H]3O)cc2OC)ccc1O. The van der Waals surface area contributed by atoms with Crippen molar-refractivity contribution in [2.45, 2.75) is 62.7 Å². The van der Waals surface area contributed by atoms with E-state index in [1.807, 2.05) is 6.07 Å². The van der Waals surface area contributed by atoms with E-state index in [9.17, 15) is 30.6 Å². The lowest BCUT2D eigenvalue weighted by Crippen LogP contribution is -2.57. The highest BCUT2D eigenvalue weighted by atomic mass is 16.7. The number of hydrogen-bond donors (Lipinski definition) is 6. The molecular formula is C26H36O11. The number of methoxy groups -OCH3 is 2. The molecule has 11 nitrogen and oxygen atoms in total. The lowest BCUT2D eigenvalue weighted by atomic mass is 10.00. The molecule has 11 heteroatoms. The third kappa shape index (κ3) is 7.02. The van der Waals surface area contributed by atoms with Gasteiger partial charge in [0, 0.05) is 0 Å². The Morgan fingerprint density at radius 2 is 1.65 bits per heavy atom. The number of ether oxygens (including phenoxy) is 5. The Bertz CT molecular complexity index is 1000. The maximum Gasteiger partial charge on any atom is 0.186 e. The summed E-state index contributed by atoms with van der Waals surface area (Å²) in [5.41, 5.74) is 1.30. The number of aryl methyl sites for hydroxylation is 1. The third-order valence-electron chi connectivity index (χ3n) is 6.28. The number of phenols is 1. The smallest absolute Gasteiger partial charge is 0.186 e. The molecule has 0 bridgehead atoms. The van der Waals surface area contributed by atoms with Gasteiger partial charge in [-0.3, -0.25) is 0 Å². The molecule has 37 heavy (non-hydrogen) atoms. The molecule has 2 aromatic rings. The fourth-order valence-corrected chi connectivity index (χ4v) is 4.05. The number of aromatic hydroxyl groups is 1. The fourth-order valence-electron chi connectivity index (χ4n) is 4.05. The summed E-state index contributed by atoms with van der Waals surface area (Å²) in [5, 5.41) is 60.1. The van der Waals surface area contributed by atoms with Gasteiger partial charge in [0.15, 0.2) is 35.4 Å². The van der Waals surface area contributed by atoms with Crippen LogP contribution in [-0.2, 0) is 15.9 Å². The quantitative estimate of drug-likeness (QED) is 0.216. The molecule has 0 aliphatic carbocycles. The average Bonchev–Trinajstić information content (AvgIpc) is 2.91. The molecule has 206 valence electrons. The number of hydrogen-bond acceptors (Lipinski definition) is 11. The molecule has 0 radical (unpaired) electrons. The summed E-state index contributed by atoms with van der Waals surface area (Å²) in [5.74, 6) is 0.846. The molecule has 1 fully saturated rings. The van der Waals surface area contributed by atoms with Crippen LogP contribution in [0.4, 0.5) is 0 Å². The van der Waals surface area contributed by atoms with E-state index in [0.717, 1.165) is 5.56 Å². The van der Waals surface area contributed by atoms with Crippen molar-refractivity contribution in [3.63, 3.8) is 0 Å². The zero-order valence-electron chi connectivity index (χ0n) is 21.1. The number of rotatable bonds is 12. The summed E-state index contributed by atoms with van der Waals surface area (Å²) in [6.45, 7) is 1.35. The zero-order valence-corrected chi connectivity index (χ0v) is 21.1. The molecule has 0 amide bonds. The Balaban J connectivity index is 1.58. The van der Waals surface area contributed by atoms with Gasteiger partial charge in [-0.25, -0.2) is 0 Å². The Kier molecular flexibility index (Phi) is 10.4. The molecule has 0 aromatic heterocycles. The normalized spacial score (nSPS) is 25.4. The highest BCUT2D eigenvalue weighted by molar-refractivity contribution is 5.44. The third-order valence-corrected chi connectivity index (χ3v) is 6.28. The highest BCUT2D eigenvalue weighted by Crippen LogP contribution is 2.34. The predicted molar refractivity (Wildman–Crippen MR) is 131 cm³/mol. The van der Waals surface area contributed by atoms with Gasteiger partial charge >= 0.3 is 0 Å². The van der Waals surface area contributed by atoms with Gasteiger partial charge in [0.25, 0.3) is 0 Å². The summed E-state index contributed by atoms with van der Waals surface area (Å²) >= 11 is 0. The van der Waals surface area contributed by atoms with Gasteiger partial charge in [0.2, 0.25) is 0 Å². The molecule has 7 atom stereocenters. The molecule has 0 spiro atoms. The minimum atomic E-state index is -1.35. The van der Waals surface area contributed by atoms with Crippen LogP contribution in [0.2, 0.25) is 0 Å². The summed E-state index contributed by atoms with van der Waals surface area (Å²) in [6, 6.07) is 9.63. The molecule has 0 saturated carbocycles. The maximum absolute atomic E-state index is 10.8. The molecule has 1 heterocycles. The first-order valence-corrected chi connectivity index (χ1v) is 12.0. The molecule has 3 rings (SSSR count). The van der Waals surface area contributed by atoms with Crippen molar-refractivity contribution < 1.29 is 54.3 Å². The van der Waals surface area contributed by atoms with Crippen LogP contribution in [0, 0.1) is 0 Å². The summed E-state index contributed by atoms with van der Waals surface area (Å²) in [6.07, 6.45) is -6.63. The van der Waals surface area contributed by atoms with Gasteiger partial charge in [-0.15, -0.1) is 0 Å². The molecule has 0 unspecified atom stereocenters. The molecular weight excluding hydrogens is 488 g/mol. The number of aliphatic hydroxyl groups is 5. The first-order chi connectivity index (χ1) is 17.7. The minimum absolute atomic E-state index is 0.0732. The monoisotopic (exact) mass is 524 g/mol. The van der Waals surface area contributed by atoms with Crippen molar-refractivity contribution in [1.82, 2.24) is 0 Å². The second-order valence-electron chi connectivity index (χ2n) is 8.86. The van der Waals surface area contributed by atoms with E-state index in [2.05, 4.69) is 0 Å². The number of benzene rings is 2. The largest absolute Gasteiger partial charge is 0.504 e. The van der Waals surface area contributed by atoms with E-state index in [0.29, 0.717) is 29.9 Å². The van der Waals surface area contributed by atoms with Crippen LogP contribution < -0.4 is 14.2 Å². The standard InChI is InChI=1S/C26H36O11/c1-14-22(29)24(31)25(32)26(36-14)35-10-4-5-15-6-9-18(20(11-15)34-3)37-21(13-27)23(30)16-7-8-17(28)19(12-16)33-2/h6-9,11-12,14,21-32H,4-5,10,13H2,1-3H3/t14-,21-,22-,23-,24+,25+,26+/m0/s1. The van der Waals surface area contributed by atoms with Crippen molar-refractivity contribution in [3.8, 4) is 23.0 Å². The summed E-state index contributed by atoms with van der Waals surface area (Å²) in [4.78, 5) is 0. The predicted octanol–water partition coefficient (Wildman–Crippen LogP) is 0.659. The minimum Gasteiger partial charge on any atom is -0.504 e. The Hall–Kier alpha value is -2.64. The highest BCUT2D eigenvalue weighted by Gasteiger charge is 2.42. The van der Waals surface area contributed by atoms with Crippen molar-refractivity contribution in [3.05, 3.63) is 47.5 Å². The van der Waals surface area contributed by atoms with Gasteiger partial charge in [-0.1, -0.05) is 12.1 Å². The molecule has 1 saturated heterocycles. The fraction of sp³-hybridized carbons (Fsp3) is 0.538. The van der Waals surface area contributed by atoms with Crippen LogP contribution in [0.15, 0.2) is 36.4 Å². The van der Waals surface area contributed by atoms with Crippen molar-refractivity contribution in [1.29, 1.82) is 0 Å². The lowest BCUT2D eigenvalue weighted by molar-refractivity contribution is -0.293. The Morgan fingerprint density at radius 3 is 2.32 bits per heavy atom. The zero-order chi connectivity index (χ0) is 27.1. The van der Waals surface area contributed by atoms with Gasteiger partial charge in [-0.05, 0) is 55.2 Å². The lowest BCUT2D eigenvalue weighted by Gasteiger charge is -2.38. The number of aliphatic hydroxyl groups excluding tert-OH is 5. The Morgan fingerprint density at radius 1 is 0.919 bits per heavy atom. The van der Waals surface area contributed by atoms with Crippen LogP contribution in [0.1, 0.15) is 30.6 Å². The first kappa shape index (κ1) is 28.9. The summed E-state index contributed by atoms with van der Waals surface area (Å²) < 4.78 is 27.4. The van der Waals surface area contributed by atoms with Crippen molar-refractivity contribution in [2.24, 2.45) is 0 Å². The van der Waals surface area contributed by atoms with E-state index < -0.39 is 49.5 Å². The first-order valence-electron chi connectivity index (χ1n) is 12.0. The van der Waals surface area contributed by atoms with Crippen LogP contribution >= 0.6 is 0 Å². The van der Waals surface area contributed by atoms with Crippen LogP contribution in [0.3, 0.4) is 0 Å². The van der Waals surface area contributed by atoms with E-state index in [-0.39, 0.29) is 18.1 Å². The van der Waals surface area contributed by atoms with E-state index in [1.54, 1.807) is 19.1 Å². The Labute approximate surface area is 215 Å². The van der Waals surface area contributed by atoms with Crippen LogP contribution in [0.25, 0.3) is 0 Å². The van der Waals surface area contributed by atoms with Gasteiger partial charge < -0.3 is 54.3 Å². The topological polar surface area (TPSA) is 168 Å². The molecule has 1 aliphatic rings. The second-order valence-corrected chi connectivity index (χ2v) is 8.86. The molecule has 2 aromatic carbocycles. The second kappa shape index (κ2) is 13.2. The van der Waals surface area contributed by atoms with E-state index in [1.165, 1.54) is 32.4 Å². The number of phenolic OH excluding ortho intramolecular Hbond substituents is 1. The van der Waals surface area contributed by atoms with E-state index >= 15 is 0 Å². The van der Waals surface area contributed by atoms with Crippen LogP contribution in [0.5, 0.6) is 23.0 Å². The van der Waals surface area contributed by atoms with Crippen molar-refractivity contribution >= 4 is 0 Å². The van der Waals surface area contributed by atoms with Crippen molar-refractivity contribution in [2.75, 3.05) is 27.4 Å². The van der Waals surface area contributed by atoms with Gasteiger partial charge in [0.1, 0.15) is 24.4 Å². The molecule has 1 aliphatic heterocycles. The van der Waals surface area contributed by atoms with Gasteiger partial charge in [-0.2, -0.15) is 0 Å². The average molecular weight is 525 g/mol. The molecule has 6 N–H and O–H groups in total. The maximum atomic E-state index is 10.8. The summed E-state index contributed by atoms with van der Waals surface area (Å²) in [7, 11) is 2.88. The van der Waals surface area contributed by atoms with Gasteiger partial charge in [0.05, 0.1) is 33.5 Å². The van der Waals surface area contributed by atoms with E-state index in [4.69, 9.17) is 23.7 Å².